The molecule has 2 rings (SSSR count). The van der Waals surface area contributed by atoms with E-state index in [9.17, 15) is 14.4 Å². The third-order valence-corrected chi connectivity index (χ3v) is 2.74. The molecule has 1 heterocycles. The topological polar surface area (TPSA) is 71.9 Å². The van der Waals surface area contributed by atoms with Crippen molar-refractivity contribution in [3.8, 4) is 0 Å². The van der Waals surface area contributed by atoms with E-state index in [1.165, 1.54) is 7.05 Å². The van der Waals surface area contributed by atoms with E-state index < -0.39 is 17.0 Å². The van der Waals surface area contributed by atoms with Crippen molar-refractivity contribution in [1.82, 2.24) is 9.55 Å². The molecule has 18 heavy (non-hydrogen) atoms. The maximum atomic E-state index is 12.1. The number of aromatic amines is 1. The van der Waals surface area contributed by atoms with Crippen molar-refractivity contribution < 1.29 is 4.79 Å². The molecule has 0 unspecified atom stereocenters. The Balaban J connectivity index is 2.53. The zero-order valence-electron chi connectivity index (χ0n) is 10.1. The van der Waals surface area contributed by atoms with Crippen LogP contribution in [0, 0.1) is 6.92 Å². The highest BCUT2D eigenvalue weighted by molar-refractivity contribution is 6.08. The number of ketones is 1. The highest BCUT2D eigenvalue weighted by atomic mass is 16.2. The summed E-state index contributed by atoms with van der Waals surface area (Å²) in [5.41, 5.74) is 0.274. The van der Waals surface area contributed by atoms with Crippen molar-refractivity contribution in [2.75, 3.05) is 0 Å². The largest absolute Gasteiger partial charge is 0.328 e. The standard InChI is InChI=1S/C13H12N2O3/c1-8-3-5-9(6-4-8)11(16)10-7-14-13(18)15(2)12(10)17/h3-7H,1-2H3,(H,14,18). The first kappa shape index (κ1) is 12.0. The number of H-pyrrole nitrogens is 1. The third-order valence-electron chi connectivity index (χ3n) is 2.74. The smallest absolute Gasteiger partial charge is 0.313 e. The van der Waals surface area contributed by atoms with E-state index in [-0.39, 0.29) is 5.56 Å². The number of benzene rings is 1. The van der Waals surface area contributed by atoms with Crippen molar-refractivity contribution in [3.63, 3.8) is 0 Å². The van der Waals surface area contributed by atoms with Gasteiger partial charge in [0.2, 0.25) is 0 Å². The Morgan fingerprint density at radius 2 is 1.78 bits per heavy atom. The van der Waals surface area contributed by atoms with Crippen molar-refractivity contribution in [2.24, 2.45) is 7.05 Å². The summed E-state index contributed by atoms with van der Waals surface area (Å²) in [4.78, 5) is 37.4. The summed E-state index contributed by atoms with van der Waals surface area (Å²) in [7, 11) is 1.33. The van der Waals surface area contributed by atoms with Gasteiger partial charge in [0.15, 0.2) is 5.78 Å². The monoisotopic (exact) mass is 244 g/mol. The fraction of sp³-hybridized carbons (Fsp3) is 0.154. The first-order valence-corrected chi connectivity index (χ1v) is 5.41. The Morgan fingerprint density at radius 1 is 1.17 bits per heavy atom. The number of nitrogens with zero attached hydrogens (tertiary/aromatic N) is 1. The lowest BCUT2D eigenvalue weighted by Crippen LogP contribution is -2.35. The quantitative estimate of drug-likeness (QED) is 0.787. The van der Waals surface area contributed by atoms with Gasteiger partial charge in [0, 0.05) is 18.8 Å². The fourth-order valence-corrected chi connectivity index (χ4v) is 1.59. The lowest BCUT2D eigenvalue weighted by atomic mass is 10.0. The first-order valence-electron chi connectivity index (χ1n) is 5.41. The molecule has 0 aliphatic heterocycles. The van der Waals surface area contributed by atoms with Crippen LogP contribution < -0.4 is 11.2 Å². The third kappa shape index (κ3) is 2.02. The van der Waals surface area contributed by atoms with Crippen LogP contribution in [-0.2, 0) is 7.05 Å². The molecule has 0 aliphatic carbocycles. The van der Waals surface area contributed by atoms with Gasteiger partial charge in [-0.2, -0.15) is 0 Å². The van der Waals surface area contributed by atoms with Crippen LogP contribution in [0.1, 0.15) is 21.5 Å². The molecule has 2 aromatic rings. The summed E-state index contributed by atoms with van der Waals surface area (Å²) in [5.74, 6) is -0.396. The highest BCUT2D eigenvalue weighted by Gasteiger charge is 2.14. The molecule has 0 fully saturated rings. The number of hydrogen-bond acceptors (Lipinski definition) is 3. The summed E-state index contributed by atoms with van der Waals surface area (Å²) >= 11 is 0. The van der Waals surface area contributed by atoms with Gasteiger partial charge in [-0.05, 0) is 6.92 Å². The van der Waals surface area contributed by atoms with Crippen LogP contribution in [0.5, 0.6) is 0 Å². The second kappa shape index (κ2) is 4.44. The molecule has 0 radical (unpaired) electrons. The van der Waals surface area contributed by atoms with Gasteiger partial charge in [-0.3, -0.25) is 14.2 Å². The number of rotatable bonds is 2. The van der Waals surface area contributed by atoms with Crippen molar-refractivity contribution in [3.05, 3.63) is 68.0 Å². The molecule has 1 aromatic heterocycles. The SMILES string of the molecule is Cc1ccc(C(=O)c2c[nH]c(=O)n(C)c2=O)cc1. The number of aromatic nitrogens is 2. The molecule has 0 amide bonds. The number of nitrogens with one attached hydrogen (secondary N) is 1. The maximum Gasteiger partial charge on any atom is 0.328 e. The van der Waals surface area contributed by atoms with Crippen LogP contribution in [0.2, 0.25) is 0 Å². The first-order chi connectivity index (χ1) is 8.50. The number of aryl methyl sites for hydroxylation is 1. The summed E-state index contributed by atoms with van der Waals surface area (Å²) in [5, 5.41) is 0. The Hall–Kier alpha value is -2.43. The van der Waals surface area contributed by atoms with Gasteiger partial charge in [-0.1, -0.05) is 29.8 Å². The predicted octanol–water partition coefficient (Wildman–Crippen LogP) is 0.613. The Bertz CT molecular complexity index is 708. The van der Waals surface area contributed by atoms with Crippen molar-refractivity contribution in [1.29, 1.82) is 0 Å². The van der Waals surface area contributed by atoms with E-state index in [4.69, 9.17) is 0 Å². The minimum Gasteiger partial charge on any atom is -0.313 e. The number of hydrogen-bond donors (Lipinski definition) is 1. The van der Waals surface area contributed by atoms with E-state index >= 15 is 0 Å². The summed E-state index contributed by atoms with van der Waals surface area (Å²) < 4.78 is 0.876. The summed E-state index contributed by atoms with van der Waals surface area (Å²) in [6, 6.07) is 6.90. The minimum atomic E-state index is -0.593. The van der Waals surface area contributed by atoms with E-state index in [2.05, 4.69) is 4.98 Å². The molecule has 92 valence electrons. The molecule has 5 heteroatoms. The molecule has 0 bridgehead atoms. The van der Waals surface area contributed by atoms with E-state index in [1.54, 1.807) is 24.3 Å². The Labute approximate surface area is 103 Å². The van der Waals surface area contributed by atoms with Gasteiger partial charge in [-0.25, -0.2) is 4.79 Å². The van der Waals surface area contributed by atoms with Crippen molar-refractivity contribution >= 4 is 5.78 Å². The molecule has 0 atom stereocenters. The van der Waals surface area contributed by atoms with Crippen molar-refractivity contribution in [2.45, 2.75) is 6.92 Å². The van der Waals surface area contributed by atoms with Gasteiger partial charge in [0.25, 0.3) is 5.56 Å². The maximum absolute atomic E-state index is 12.1. The second-order valence-electron chi connectivity index (χ2n) is 4.07. The number of carbonyl (C=O) groups is 1. The molecule has 0 saturated carbocycles. The fourth-order valence-electron chi connectivity index (χ4n) is 1.59. The van der Waals surface area contributed by atoms with Crippen LogP contribution in [0.15, 0.2) is 40.1 Å². The summed E-state index contributed by atoms with van der Waals surface area (Å²) in [6.45, 7) is 1.91. The van der Waals surface area contributed by atoms with Gasteiger partial charge in [0.1, 0.15) is 5.56 Å². The molecule has 0 saturated heterocycles. The van der Waals surface area contributed by atoms with Gasteiger partial charge < -0.3 is 4.98 Å². The molecule has 1 N–H and O–H groups in total. The van der Waals surface area contributed by atoms with E-state index in [0.717, 1.165) is 16.3 Å². The molecule has 0 aliphatic rings. The predicted molar refractivity (Wildman–Crippen MR) is 66.9 cm³/mol. The summed E-state index contributed by atoms with van der Waals surface area (Å²) in [6.07, 6.45) is 1.16. The van der Waals surface area contributed by atoms with Gasteiger partial charge in [0.05, 0.1) is 0 Å². The molecule has 1 aromatic carbocycles. The lowest BCUT2D eigenvalue weighted by molar-refractivity contribution is 0.103. The lowest BCUT2D eigenvalue weighted by Gasteiger charge is -2.02. The Kier molecular flexibility index (Phi) is 2.97. The van der Waals surface area contributed by atoms with Gasteiger partial charge in [-0.15, -0.1) is 0 Å². The van der Waals surface area contributed by atoms with Crippen LogP contribution in [-0.4, -0.2) is 15.3 Å². The zero-order chi connectivity index (χ0) is 13.3. The average Bonchev–Trinajstić information content (AvgIpc) is 2.36. The molecule has 0 spiro atoms. The molecular formula is C13H12N2O3. The molecule has 5 nitrogen and oxygen atoms in total. The number of carbonyl (C=O) groups excluding carboxylic acids is 1. The zero-order valence-corrected chi connectivity index (χ0v) is 10.1. The van der Waals surface area contributed by atoms with E-state index in [0.29, 0.717) is 5.56 Å². The van der Waals surface area contributed by atoms with E-state index in [1.807, 2.05) is 6.92 Å². The van der Waals surface area contributed by atoms with Crippen LogP contribution >= 0.6 is 0 Å². The minimum absolute atomic E-state index is 0.0408. The molecular weight excluding hydrogens is 232 g/mol. The van der Waals surface area contributed by atoms with Crippen LogP contribution in [0.25, 0.3) is 0 Å². The Morgan fingerprint density at radius 3 is 2.39 bits per heavy atom. The van der Waals surface area contributed by atoms with Crippen LogP contribution in [0.4, 0.5) is 0 Å². The second-order valence-corrected chi connectivity index (χ2v) is 4.07. The highest BCUT2D eigenvalue weighted by Crippen LogP contribution is 2.07. The van der Waals surface area contributed by atoms with Gasteiger partial charge >= 0.3 is 5.69 Å². The average molecular weight is 244 g/mol. The normalized spacial score (nSPS) is 10.3. The van der Waals surface area contributed by atoms with Crippen LogP contribution in [0.3, 0.4) is 0 Å².